The van der Waals surface area contributed by atoms with E-state index < -0.39 is 5.54 Å². The van der Waals surface area contributed by atoms with Crippen LogP contribution in [0.25, 0.3) is 0 Å². The average Bonchev–Trinajstić information content (AvgIpc) is 3.32. The average molecular weight is 643 g/mol. The lowest BCUT2D eigenvalue weighted by Crippen LogP contribution is -2.58. The van der Waals surface area contributed by atoms with Crippen LogP contribution in [0.1, 0.15) is 61.2 Å². The van der Waals surface area contributed by atoms with Crippen molar-refractivity contribution in [3.63, 3.8) is 0 Å². The molecule has 1 spiro atoms. The molecule has 0 bridgehead atoms. The number of rotatable bonds is 11. The first-order chi connectivity index (χ1) is 22.5. The van der Waals surface area contributed by atoms with Crippen LogP contribution in [0.15, 0.2) is 60.7 Å². The normalized spacial score (nSPS) is 16.3. The summed E-state index contributed by atoms with van der Waals surface area (Å²) in [5.74, 6) is 1.33. The number of amides is 1. The van der Waals surface area contributed by atoms with Gasteiger partial charge in [0.25, 0.3) is 5.91 Å². The Kier molecular flexibility index (Phi) is 9.67. The molecular weight excluding hydrogens is 597 g/mol. The number of thiocarbonyl (C=S) groups is 1. The van der Waals surface area contributed by atoms with Crippen LogP contribution in [-0.2, 0) is 10.3 Å². The molecule has 0 unspecified atom stereocenters. The van der Waals surface area contributed by atoms with E-state index >= 15 is 0 Å². The minimum atomic E-state index is -1.00. The highest BCUT2D eigenvalue weighted by molar-refractivity contribution is 7.80. The number of nitrogens with one attached hydrogen (secondary N) is 2. The molecule has 10 heteroatoms. The van der Waals surface area contributed by atoms with Gasteiger partial charge >= 0.3 is 0 Å². The second-order valence-corrected chi connectivity index (χ2v) is 12.3. The maximum absolute atomic E-state index is 14.4. The Morgan fingerprint density at radius 2 is 1.43 bits per heavy atom. The predicted octanol–water partition coefficient (Wildman–Crippen LogP) is 5.33. The molecule has 3 aromatic carbocycles. The van der Waals surface area contributed by atoms with Crippen molar-refractivity contribution in [3.05, 3.63) is 82.9 Å². The fraction of sp³-hybridized carbons (Fsp3) is 0.444. The van der Waals surface area contributed by atoms with Gasteiger partial charge in [0.05, 0.1) is 13.2 Å². The summed E-state index contributed by atoms with van der Waals surface area (Å²) in [6.45, 7) is 17.3. The van der Waals surface area contributed by atoms with Gasteiger partial charge in [-0.2, -0.15) is 0 Å². The van der Waals surface area contributed by atoms with Crippen LogP contribution in [0.5, 0.6) is 11.5 Å². The maximum atomic E-state index is 14.4. The first-order valence-electron chi connectivity index (χ1n) is 16.7. The van der Waals surface area contributed by atoms with E-state index in [1.807, 2.05) is 18.2 Å². The molecule has 2 N–H and O–H groups in total. The highest BCUT2D eigenvalue weighted by Crippen LogP contribution is 2.57. The molecule has 0 aromatic heterocycles. The van der Waals surface area contributed by atoms with Crippen LogP contribution in [-0.4, -0.2) is 86.5 Å². The lowest BCUT2D eigenvalue weighted by molar-refractivity contribution is 0.0375. The summed E-state index contributed by atoms with van der Waals surface area (Å²) in [5.41, 5.74) is 7.87. The zero-order chi connectivity index (χ0) is 32.3. The Bertz CT molecular complexity index is 1510. The molecular formula is C36H46N6O3S. The van der Waals surface area contributed by atoms with E-state index in [2.05, 4.69) is 95.6 Å². The number of hydrogen-bond donors (Lipinski definition) is 2. The molecule has 0 radical (unpaired) electrons. The molecule has 3 heterocycles. The standard InChI is InChI=1S/C36H46N6O3S/c1-5-40(6-2)26-14-16-30-32(24-26)45-33-25-27(41(7-3)8-4)15-17-31(33)36(30)29-13-10-9-12-28(29)34(43)42(36)38-35(46)37-18-11-19-39-20-22-44-23-21-39/h9-10,12-17,24-25H,5-8,11,18-23H2,1-4H3,(H2,37,38,46). The Morgan fingerprint density at radius 1 is 0.848 bits per heavy atom. The summed E-state index contributed by atoms with van der Waals surface area (Å²) in [5, 5.41) is 5.51. The largest absolute Gasteiger partial charge is 0.456 e. The van der Waals surface area contributed by atoms with Gasteiger partial charge in [-0.15, -0.1) is 0 Å². The highest BCUT2D eigenvalue weighted by atomic mass is 32.1. The number of morpholine rings is 1. The van der Waals surface area contributed by atoms with Crippen LogP contribution >= 0.6 is 12.2 Å². The highest BCUT2D eigenvalue weighted by Gasteiger charge is 2.57. The number of benzene rings is 3. The van der Waals surface area contributed by atoms with Crippen molar-refractivity contribution in [2.45, 2.75) is 39.7 Å². The van der Waals surface area contributed by atoms with Crippen molar-refractivity contribution in [1.82, 2.24) is 20.7 Å². The van der Waals surface area contributed by atoms with Crippen molar-refractivity contribution in [3.8, 4) is 11.5 Å². The van der Waals surface area contributed by atoms with Gasteiger partial charge in [0, 0.05) is 91.6 Å². The number of carbonyl (C=O) groups excluding carboxylic acids is 1. The second kappa shape index (κ2) is 13.9. The van der Waals surface area contributed by atoms with Gasteiger partial charge < -0.3 is 24.6 Å². The number of hydrazine groups is 1. The van der Waals surface area contributed by atoms with Gasteiger partial charge in [0.1, 0.15) is 17.0 Å². The summed E-state index contributed by atoms with van der Waals surface area (Å²) in [6.07, 6.45) is 0.933. The van der Waals surface area contributed by atoms with Gasteiger partial charge in [0.15, 0.2) is 5.11 Å². The van der Waals surface area contributed by atoms with Crippen molar-refractivity contribution < 1.29 is 14.3 Å². The van der Waals surface area contributed by atoms with Crippen LogP contribution < -0.4 is 25.3 Å². The minimum absolute atomic E-state index is 0.132. The SMILES string of the molecule is CCN(CC)c1ccc2c(c1)Oc1cc(N(CC)CC)ccc1C21c2ccccc2C(=O)N1NC(=S)NCCCN1CCOCC1. The summed E-state index contributed by atoms with van der Waals surface area (Å²) in [7, 11) is 0. The molecule has 0 aliphatic carbocycles. The number of ether oxygens (including phenoxy) is 2. The van der Waals surface area contributed by atoms with Crippen LogP contribution in [0.2, 0.25) is 0 Å². The lowest BCUT2D eigenvalue weighted by atomic mass is 9.75. The number of anilines is 2. The topological polar surface area (TPSA) is 72.6 Å². The third-order valence-corrected chi connectivity index (χ3v) is 9.76. The minimum Gasteiger partial charge on any atom is -0.456 e. The van der Waals surface area contributed by atoms with E-state index in [1.165, 1.54) is 0 Å². The van der Waals surface area contributed by atoms with Crippen molar-refractivity contribution in [2.75, 3.05) is 75.4 Å². The first kappa shape index (κ1) is 32.1. The zero-order valence-corrected chi connectivity index (χ0v) is 28.3. The fourth-order valence-corrected chi connectivity index (χ4v) is 7.33. The number of fused-ring (bicyclic) bond motifs is 6. The molecule has 1 saturated heterocycles. The smallest absolute Gasteiger partial charge is 0.274 e. The third kappa shape index (κ3) is 5.67. The Balaban J connectivity index is 1.42. The summed E-state index contributed by atoms with van der Waals surface area (Å²) in [6, 6.07) is 20.6. The maximum Gasteiger partial charge on any atom is 0.274 e. The Morgan fingerprint density at radius 3 is 2.02 bits per heavy atom. The molecule has 46 heavy (non-hydrogen) atoms. The van der Waals surface area contributed by atoms with Gasteiger partial charge in [-0.05, 0) is 71.1 Å². The van der Waals surface area contributed by atoms with E-state index in [9.17, 15) is 4.79 Å². The van der Waals surface area contributed by atoms with Crippen LogP contribution in [0, 0.1) is 0 Å². The van der Waals surface area contributed by atoms with Crippen LogP contribution in [0.4, 0.5) is 11.4 Å². The number of hydrogen-bond acceptors (Lipinski definition) is 7. The summed E-state index contributed by atoms with van der Waals surface area (Å²) >= 11 is 5.85. The predicted molar refractivity (Wildman–Crippen MR) is 188 cm³/mol. The van der Waals surface area contributed by atoms with E-state index in [4.69, 9.17) is 21.7 Å². The van der Waals surface area contributed by atoms with Gasteiger partial charge in [-0.3, -0.25) is 15.1 Å². The van der Waals surface area contributed by atoms with Crippen molar-refractivity contribution in [2.24, 2.45) is 0 Å². The molecule has 6 rings (SSSR count). The fourth-order valence-electron chi connectivity index (χ4n) is 7.14. The number of nitrogens with zero attached hydrogens (tertiary/aromatic N) is 4. The van der Waals surface area contributed by atoms with Gasteiger partial charge in [-0.1, -0.05) is 30.3 Å². The summed E-state index contributed by atoms with van der Waals surface area (Å²) in [4.78, 5) is 21.4. The second-order valence-electron chi connectivity index (χ2n) is 11.9. The molecule has 244 valence electrons. The van der Waals surface area contributed by atoms with E-state index in [0.29, 0.717) is 17.2 Å². The third-order valence-electron chi connectivity index (χ3n) is 9.53. The van der Waals surface area contributed by atoms with Gasteiger partial charge in [0.2, 0.25) is 0 Å². The lowest BCUT2D eigenvalue weighted by Gasteiger charge is -2.44. The molecule has 1 amide bonds. The molecule has 3 aliphatic heterocycles. The molecule has 1 fully saturated rings. The molecule has 3 aromatic rings. The van der Waals surface area contributed by atoms with Crippen LogP contribution in [0.3, 0.4) is 0 Å². The molecule has 0 saturated carbocycles. The molecule has 0 atom stereocenters. The number of carbonyl (C=O) groups is 1. The first-order valence-corrected chi connectivity index (χ1v) is 17.1. The zero-order valence-electron chi connectivity index (χ0n) is 27.5. The Labute approximate surface area is 278 Å². The molecule has 3 aliphatic rings. The van der Waals surface area contributed by atoms with E-state index in [1.54, 1.807) is 5.01 Å². The monoisotopic (exact) mass is 642 g/mol. The van der Waals surface area contributed by atoms with Crippen molar-refractivity contribution >= 4 is 34.6 Å². The summed E-state index contributed by atoms with van der Waals surface area (Å²) < 4.78 is 12.3. The quantitative estimate of drug-likeness (QED) is 0.213. The Hall–Kier alpha value is -3.86. The van der Waals surface area contributed by atoms with Crippen molar-refractivity contribution in [1.29, 1.82) is 0 Å². The van der Waals surface area contributed by atoms with Gasteiger partial charge in [-0.25, -0.2) is 5.01 Å². The van der Waals surface area contributed by atoms with E-state index in [0.717, 1.165) is 105 Å². The molecule has 9 nitrogen and oxygen atoms in total. The van der Waals surface area contributed by atoms with E-state index in [-0.39, 0.29) is 5.91 Å².